The van der Waals surface area contributed by atoms with Crippen molar-refractivity contribution in [1.82, 2.24) is 0 Å². The summed E-state index contributed by atoms with van der Waals surface area (Å²) in [4.78, 5) is 0. The van der Waals surface area contributed by atoms with Gasteiger partial charge in [0.05, 0.1) is 26.2 Å². The average Bonchev–Trinajstić information content (AvgIpc) is 2.44. The minimum absolute atomic E-state index is 0.715. The van der Waals surface area contributed by atoms with E-state index in [1.165, 1.54) is 25.7 Å². The van der Waals surface area contributed by atoms with Gasteiger partial charge >= 0.3 is 0 Å². The van der Waals surface area contributed by atoms with Gasteiger partial charge in [0.25, 0.3) is 0 Å². The largest absolute Gasteiger partial charge is 0.314 e. The number of hydrogen-bond donors (Lipinski definition) is 1. The Morgan fingerprint density at radius 3 is 1.90 bits per heavy atom. The molecule has 0 aromatic carbocycles. The first-order valence-corrected chi connectivity index (χ1v) is 8.99. The summed E-state index contributed by atoms with van der Waals surface area (Å²) in [5, 5.41) is 0. The summed E-state index contributed by atoms with van der Waals surface area (Å²) in [7, 11) is 0. The Morgan fingerprint density at radius 1 is 1.00 bits per heavy atom. The number of quaternary nitrogens is 1. The van der Waals surface area contributed by atoms with Crippen molar-refractivity contribution in [2.45, 2.75) is 39.5 Å². The summed E-state index contributed by atoms with van der Waals surface area (Å²) in [5.41, 5.74) is 0. The molecule has 0 radical (unpaired) electrons. The van der Waals surface area contributed by atoms with Crippen LogP contribution in [0.4, 0.5) is 0 Å². The quantitative estimate of drug-likeness (QED) is 0.257. The maximum absolute atomic E-state index is 4.58. The van der Waals surface area contributed by atoms with Gasteiger partial charge in [0.1, 0.15) is 0 Å². The first-order valence-electron chi connectivity index (χ1n) is 8.36. The van der Waals surface area contributed by atoms with Crippen LogP contribution in [0.2, 0.25) is 0 Å². The first-order chi connectivity index (χ1) is 10.1. The predicted molar refractivity (Wildman–Crippen MR) is 101 cm³/mol. The van der Waals surface area contributed by atoms with E-state index in [2.05, 4.69) is 46.2 Å². The van der Waals surface area contributed by atoms with Crippen LogP contribution in [0, 0.1) is 11.8 Å². The Morgan fingerprint density at radius 2 is 1.52 bits per heavy atom. The summed E-state index contributed by atoms with van der Waals surface area (Å²) in [5.74, 6) is 2.52. The fourth-order valence-electron chi connectivity index (χ4n) is 3.24. The lowest BCUT2D eigenvalue weighted by Gasteiger charge is -2.37. The molecule has 21 heavy (non-hydrogen) atoms. The van der Waals surface area contributed by atoms with Crippen molar-refractivity contribution in [3.63, 3.8) is 0 Å². The molecule has 2 heteroatoms. The second-order valence-corrected chi connectivity index (χ2v) is 6.81. The molecule has 0 amide bonds. The van der Waals surface area contributed by atoms with Crippen LogP contribution in [0.15, 0.2) is 38.0 Å². The van der Waals surface area contributed by atoms with Crippen LogP contribution in [0.25, 0.3) is 0 Å². The van der Waals surface area contributed by atoms with Crippen molar-refractivity contribution in [2.24, 2.45) is 11.8 Å². The highest BCUT2D eigenvalue weighted by Crippen LogP contribution is 2.23. The molecule has 0 aliphatic heterocycles. The molecule has 0 aliphatic carbocycles. The molecule has 0 heterocycles. The van der Waals surface area contributed by atoms with E-state index >= 15 is 0 Å². The molecule has 0 fully saturated rings. The third kappa shape index (κ3) is 8.53. The molecule has 0 aliphatic rings. The van der Waals surface area contributed by atoms with Gasteiger partial charge in [-0.2, -0.15) is 12.6 Å². The minimum Gasteiger partial charge on any atom is -0.314 e. The van der Waals surface area contributed by atoms with Crippen LogP contribution in [0.5, 0.6) is 0 Å². The van der Waals surface area contributed by atoms with Crippen LogP contribution in [0.1, 0.15) is 39.5 Å². The number of rotatable bonds is 14. The fourth-order valence-corrected chi connectivity index (χ4v) is 3.57. The monoisotopic (exact) mass is 310 g/mol. The van der Waals surface area contributed by atoms with E-state index in [1.807, 2.05) is 18.2 Å². The van der Waals surface area contributed by atoms with E-state index in [4.69, 9.17) is 0 Å². The van der Waals surface area contributed by atoms with Crippen LogP contribution in [0.3, 0.4) is 0 Å². The van der Waals surface area contributed by atoms with E-state index in [0.717, 1.165) is 42.3 Å². The molecule has 2 unspecified atom stereocenters. The van der Waals surface area contributed by atoms with Crippen LogP contribution in [-0.2, 0) is 0 Å². The van der Waals surface area contributed by atoms with E-state index < -0.39 is 0 Å². The van der Waals surface area contributed by atoms with Crippen molar-refractivity contribution < 1.29 is 4.48 Å². The zero-order valence-electron chi connectivity index (χ0n) is 14.3. The molecule has 0 bridgehead atoms. The topological polar surface area (TPSA) is 0 Å². The lowest BCUT2D eigenvalue weighted by atomic mass is 9.91. The van der Waals surface area contributed by atoms with E-state index in [-0.39, 0.29) is 0 Å². The second kappa shape index (κ2) is 12.1. The minimum atomic E-state index is 0.715. The van der Waals surface area contributed by atoms with Gasteiger partial charge in [0, 0.05) is 6.42 Å². The SMILES string of the molecule is C=CC[N+](CC=C)(CC=C)CCC(CS)CC(C)CCC. The van der Waals surface area contributed by atoms with Gasteiger partial charge in [-0.1, -0.05) is 46.4 Å². The lowest BCUT2D eigenvalue weighted by molar-refractivity contribution is -0.912. The van der Waals surface area contributed by atoms with Gasteiger partial charge in [0.15, 0.2) is 0 Å². The van der Waals surface area contributed by atoms with E-state index in [0.29, 0.717) is 5.92 Å². The predicted octanol–water partition coefficient (Wildman–Crippen LogP) is 5.12. The van der Waals surface area contributed by atoms with Crippen LogP contribution >= 0.6 is 12.6 Å². The number of hydrogen-bond acceptors (Lipinski definition) is 1. The highest BCUT2D eigenvalue weighted by atomic mass is 32.1. The Kier molecular flexibility index (Phi) is 11.8. The molecule has 0 rings (SSSR count). The van der Waals surface area contributed by atoms with Crippen LogP contribution < -0.4 is 0 Å². The summed E-state index contributed by atoms with van der Waals surface area (Å²) in [6, 6.07) is 0. The highest BCUT2D eigenvalue weighted by molar-refractivity contribution is 7.80. The molecule has 2 atom stereocenters. The zero-order valence-corrected chi connectivity index (χ0v) is 15.2. The summed E-state index contributed by atoms with van der Waals surface area (Å²) >= 11 is 4.58. The molecule has 0 aromatic rings. The van der Waals surface area contributed by atoms with Crippen molar-refractivity contribution in [1.29, 1.82) is 0 Å². The van der Waals surface area contributed by atoms with E-state index in [1.54, 1.807) is 0 Å². The Bertz CT molecular complexity index is 271. The smallest absolute Gasteiger partial charge is 0.0975 e. The molecule has 122 valence electrons. The first kappa shape index (κ1) is 20.5. The third-order valence-electron chi connectivity index (χ3n) is 4.34. The Hall–Kier alpha value is -0.470. The standard InChI is InChI=1S/C19H35NS/c1-6-10-18(5)16-19(17-21)11-15-20(12-7-2,13-8-3)14-9-4/h7-9,18-19H,2-4,6,10-17H2,1,5H3/p+1. The average molecular weight is 311 g/mol. The zero-order chi connectivity index (χ0) is 16.1. The Balaban J connectivity index is 4.63. The van der Waals surface area contributed by atoms with Gasteiger partial charge < -0.3 is 4.48 Å². The highest BCUT2D eigenvalue weighted by Gasteiger charge is 2.24. The molecule has 0 saturated carbocycles. The molecular weight excluding hydrogens is 274 g/mol. The summed E-state index contributed by atoms with van der Waals surface area (Å²) in [6.07, 6.45) is 11.2. The van der Waals surface area contributed by atoms with Crippen molar-refractivity contribution in [3.8, 4) is 0 Å². The Labute approximate surface area is 138 Å². The molecule has 0 spiro atoms. The maximum Gasteiger partial charge on any atom is 0.0975 e. The molecule has 0 N–H and O–H groups in total. The second-order valence-electron chi connectivity index (χ2n) is 6.45. The van der Waals surface area contributed by atoms with Gasteiger partial charge in [-0.05, 0) is 42.2 Å². The normalized spacial score (nSPS) is 14.4. The van der Waals surface area contributed by atoms with Gasteiger partial charge in [0.2, 0.25) is 0 Å². The molecular formula is C19H36NS+. The third-order valence-corrected chi connectivity index (χ3v) is 4.85. The molecule has 1 nitrogen and oxygen atoms in total. The summed E-state index contributed by atoms with van der Waals surface area (Å²) in [6.45, 7) is 20.6. The fraction of sp³-hybridized carbons (Fsp3) is 0.684. The van der Waals surface area contributed by atoms with Crippen molar-refractivity contribution in [2.75, 3.05) is 31.9 Å². The van der Waals surface area contributed by atoms with E-state index in [9.17, 15) is 0 Å². The van der Waals surface area contributed by atoms with Crippen molar-refractivity contribution in [3.05, 3.63) is 38.0 Å². The van der Waals surface area contributed by atoms with Gasteiger partial charge in [-0.25, -0.2) is 0 Å². The van der Waals surface area contributed by atoms with Crippen LogP contribution in [-0.4, -0.2) is 36.4 Å². The molecule has 0 saturated heterocycles. The number of nitrogens with zero attached hydrogens (tertiary/aromatic N) is 1. The van der Waals surface area contributed by atoms with Gasteiger partial charge in [-0.3, -0.25) is 0 Å². The summed E-state index contributed by atoms with van der Waals surface area (Å²) < 4.78 is 1.00. The van der Waals surface area contributed by atoms with Gasteiger partial charge in [-0.15, -0.1) is 0 Å². The number of thiol groups is 1. The van der Waals surface area contributed by atoms with Crippen molar-refractivity contribution >= 4 is 12.6 Å². The maximum atomic E-state index is 4.58. The molecule has 0 aromatic heterocycles. The lowest BCUT2D eigenvalue weighted by Crippen LogP contribution is -2.49.